The molecule has 18 heavy (non-hydrogen) atoms. The lowest BCUT2D eigenvalue weighted by Gasteiger charge is -2.49. The molecule has 98 valence electrons. The fourth-order valence-electron chi connectivity index (χ4n) is 4.63. The van der Waals surface area contributed by atoms with Crippen LogP contribution in [0.4, 0.5) is 0 Å². The molecule has 5 unspecified atom stereocenters. The molecule has 2 aliphatic heterocycles. The van der Waals surface area contributed by atoms with Gasteiger partial charge >= 0.3 is 5.97 Å². The van der Waals surface area contributed by atoms with Crippen LogP contribution < -0.4 is 0 Å². The lowest BCUT2D eigenvalue weighted by atomic mass is 9.54. The van der Waals surface area contributed by atoms with Crippen LogP contribution in [0.2, 0.25) is 0 Å². The van der Waals surface area contributed by atoms with E-state index in [1.165, 1.54) is 18.4 Å². The van der Waals surface area contributed by atoms with Crippen molar-refractivity contribution in [2.75, 3.05) is 0 Å². The normalized spacial score (nSPS) is 53.5. The van der Waals surface area contributed by atoms with Gasteiger partial charge in [-0.1, -0.05) is 13.8 Å². The van der Waals surface area contributed by atoms with Gasteiger partial charge in [0.15, 0.2) is 0 Å². The van der Waals surface area contributed by atoms with Gasteiger partial charge in [0.05, 0.1) is 6.10 Å². The van der Waals surface area contributed by atoms with Crippen LogP contribution in [0, 0.1) is 11.3 Å². The molecule has 0 amide bonds. The van der Waals surface area contributed by atoms with Crippen molar-refractivity contribution in [2.24, 2.45) is 11.3 Å². The number of carbonyl (C=O) groups is 1. The number of rotatable bonds is 0. The molecule has 3 nitrogen and oxygen atoms in total. The first-order chi connectivity index (χ1) is 8.48. The fourth-order valence-corrected chi connectivity index (χ4v) is 4.63. The molecule has 4 rings (SSSR count). The van der Waals surface area contributed by atoms with Gasteiger partial charge in [-0.25, -0.2) is 4.79 Å². The zero-order chi connectivity index (χ0) is 12.7. The Kier molecular flexibility index (Phi) is 1.84. The van der Waals surface area contributed by atoms with Crippen LogP contribution in [0.3, 0.4) is 0 Å². The molecule has 0 aromatic heterocycles. The van der Waals surface area contributed by atoms with Crippen LogP contribution in [0.15, 0.2) is 11.1 Å². The molecule has 3 heteroatoms. The molecule has 4 aliphatic rings. The summed E-state index contributed by atoms with van der Waals surface area (Å²) in [6, 6.07) is 0. The maximum atomic E-state index is 11.7. The smallest absolute Gasteiger partial charge is 0.334 e. The number of hydrogen-bond acceptors (Lipinski definition) is 3. The lowest BCUT2D eigenvalue weighted by Crippen LogP contribution is -2.51. The minimum absolute atomic E-state index is 0.000810. The Balaban J connectivity index is 1.79. The quantitative estimate of drug-likeness (QED) is 0.488. The topological polar surface area (TPSA) is 38.8 Å². The van der Waals surface area contributed by atoms with Crippen molar-refractivity contribution in [3.8, 4) is 0 Å². The van der Waals surface area contributed by atoms with E-state index < -0.39 is 0 Å². The zero-order valence-corrected chi connectivity index (χ0v) is 11.3. The molecule has 0 aromatic rings. The van der Waals surface area contributed by atoms with Crippen molar-refractivity contribution < 1.29 is 14.3 Å². The Morgan fingerprint density at radius 1 is 1.33 bits per heavy atom. The van der Waals surface area contributed by atoms with Crippen LogP contribution in [0.1, 0.15) is 46.5 Å². The highest BCUT2D eigenvalue weighted by molar-refractivity contribution is 5.91. The molecule has 0 N–H and O–H groups in total. The Morgan fingerprint density at radius 3 is 2.89 bits per heavy atom. The predicted molar refractivity (Wildman–Crippen MR) is 65.9 cm³/mol. The third-order valence-electron chi connectivity index (χ3n) is 6.20. The highest BCUT2D eigenvalue weighted by atomic mass is 16.6. The molecule has 0 radical (unpaired) electrons. The number of ether oxygens (including phenoxy) is 2. The Hall–Kier alpha value is -0.830. The Bertz CT molecular complexity index is 480. The largest absolute Gasteiger partial charge is 0.454 e. The summed E-state index contributed by atoms with van der Waals surface area (Å²) in [5.41, 5.74) is 2.29. The van der Waals surface area contributed by atoms with E-state index >= 15 is 0 Å². The summed E-state index contributed by atoms with van der Waals surface area (Å²) in [5, 5.41) is 0. The molecule has 3 fully saturated rings. The first kappa shape index (κ1) is 11.0. The zero-order valence-electron chi connectivity index (χ0n) is 11.3. The van der Waals surface area contributed by atoms with Gasteiger partial charge in [-0.2, -0.15) is 0 Å². The van der Waals surface area contributed by atoms with Crippen molar-refractivity contribution in [1.82, 2.24) is 0 Å². The van der Waals surface area contributed by atoms with E-state index in [9.17, 15) is 4.79 Å². The average molecular weight is 248 g/mol. The molecular formula is C15H20O3. The highest BCUT2D eigenvalue weighted by Gasteiger charge is 2.73. The number of esters is 1. The lowest BCUT2D eigenvalue weighted by molar-refractivity contribution is -0.142. The van der Waals surface area contributed by atoms with Crippen LogP contribution in [-0.2, 0) is 14.3 Å². The number of epoxide rings is 1. The fraction of sp³-hybridized carbons (Fsp3) is 0.800. The summed E-state index contributed by atoms with van der Waals surface area (Å²) in [6.07, 6.45) is 4.70. The molecule has 5 atom stereocenters. The van der Waals surface area contributed by atoms with Crippen molar-refractivity contribution in [3.63, 3.8) is 0 Å². The van der Waals surface area contributed by atoms with Crippen molar-refractivity contribution in [2.45, 2.75) is 64.3 Å². The van der Waals surface area contributed by atoms with Crippen LogP contribution in [0.25, 0.3) is 0 Å². The van der Waals surface area contributed by atoms with E-state index in [0.717, 1.165) is 18.4 Å². The maximum absolute atomic E-state index is 11.7. The summed E-state index contributed by atoms with van der Waals surface area (Å²) in [6.45, 7) is 6.61. The van der Waals surface area contributed by atoms with Gasteiger partial charge in [0.1, 0.15) is 11.7 Å². The molecular weight excluding hydrogens is 228 g/mol. The van der Waals surface area contributed by atoms with Crippen molar-refractivity contribution in [3.05, 3.63) is 11.1 Å². The first-order valence-electron chi connectivity index (χ1n) is 7.06. The summed E-state index contributed by atoms with van der Waals surface area (Å²) < 4.78 is 11.6. The third-order valence-corrected chi connectivity index (χ3v) is 6.20. The highest BCUT2D eigenvalue weighted by Crippen LogP contribution is 2.68. The second-order valence-electron chi connectivity index (χ2n) is 6.82. The van der Waals surface area contributed by atoms with Crippen LogP contribution in [-0.4, -0.2) is 23.8 Å². The molecule has 2 aliphatic carbocycles. The Labute approximate surface area is 108 Å². The van der Waals surface area contributed by atoms with E-state index in [1.54, 1.807) is 0 Å². The summed E-state index contributed by atoms with van der Waals surface area (Å²) in [7, 11) is 0. The van der Waals surface area contributed by atoms with Gasteiger partial charge in [-0.3, -0.25) is 0 Å². The molecule has 1 spiro atoms. The SMILES string of the molecule is CC1=C2CC3(C)C(C)CCC4OC43CC2OC1=O. The number of fused-ring (bicyclic) bond motifs is 1. The van der Waals surface area contributed by atoms with E-state index in [1.807, 2.05) is 6.92 Å². The summed E-state index contributed by atoms with van der Waals surface area (Å²) >= 11 is 0. The number of carbonyl (C=O) groups excluding carboxylic acids is 1. The maximum Gasteiger partial charge on any atom is 0.334 e. The Morgan fingerprint density at radius 2 is 2.11 bits per heavy atom. The van der Waals surface area contributed by atoms with Gasteiger partial charge in [0, 0.05) is 17.4 Å². The van der Waals surface area contributed by atoms with E-state index in [-0.39, 0.29) is 23.1 Å². The van der Waals surface area contributed by atoms with E-state index in [2.05, 4.69) is 13.8 Å². The van der Waals surface area contributed by atoms with Gasteiger partial charge in [0.2, 0.25) is 0 Å². The first-order valence-corrected chi connectivity index (χ1v) is 7.06. The third kappa shape index (κ3) is 1.04. The monoisotopic (exact) mass is 248 g/mol. The van der Waals surface area contributed by atoms with E-state index in [4.69, 9.17) is 9.47 Å². The van der Waals surface area contributed by atoms with E-state index in [0.29, 0.717) is 12.0 Å². The molecule has 1 saturated heterocycles. The minimum Gasteiger partial charge on any atom is -0.454 e. The number of hydrogen-bond donors (Lipinski definition) is 0. The van der Waals surface area contributed by atoms with Gasteiger partial charge in [-0.05, 0) is 37.7 Å². The van der Waals surface area contributed by atoms with Gasteiger partial charge in [0.25, 0.3) is 0 Å². The second kappa shape index (κ2) is 3.01. The van der Waals surface area contributed by atoms with Crippen LogP contribution >= 0.6 is 0 Å². The van der Waals surface area contributed by atoms with Gasteiger partial charge < -0.3 is 9.47 Å². The molecule has 2 heterocycles. The summed E-state index contributed by atoms with van der Waals surface area (Å²) in [4.78, 5) is 11.7. The molecule has 0 bridgehead atoms. The average Bonchev–Trinajstić information content (AvgIpc) is 2.98. The predicted octanol–water partition coefficient (Wildman–Crippen LogP) is 2.60. The van der Waals surface area contributed by atoms with Crippen molar-refractivity contribution >= 4 is 5.97 Å². The van der Waals surface area contributed by atoms with Crippen LogP contribution in [0.5, 0.6) is 0 Å². The minimum atomic E-state index is -0.112. The summed E-state index contributed by atoms with van der Waals surface area (Å²) in [5.74, 6) is 0.548. The second-order valence-corrected chi connectivity index (χ2v) is 6.82. The van der Waals surface area contributed by atoms with Crippen molar-refractivity contribution in [1.29, 1.82) is 0 Å². The standard InChI is InChI=1S/C15H20O3/c1-8-4-5-12-15(18-12)7-11-10(6-14(8,15)3)9(2)13(16)17-11/h8,11-12H,4-7H2,1-3H3. The molecule has 2 saturated carbocycles. The molecule has 0 aromatic carbocycles. The van der Waals surface area contributed by atoms with Gasteiger partial charge in [-0.15, -0.1) is 0 Å².